The Labute approximate surface area is 245 Å². The van der Waals surface area contributed by atoms with Gasteiger partial charge in [-0.25, -0.2) is 22.9 Å². The number of sulfonamides is 1. The summed E-state index contributed by atoms with van der Waals surface area (Å²) in [5, 5.41) is 15.3. The van der Waals surface area contributed by atoms with Gasteiger partial charge in [-0.15, -0.1) is 0 Å². The minimum Gasteiger partial charge on any atom is -0.480 e. The second-order valence-electron chi connectivity index (χ2n) is 11.7. The summed E-state index contributed by atoms with van der Waals surface area (Å²) in [5.41, 5.74) is 1.44. The highest BCUT2D eigenvalue weighted by Crippen LogP contribution is 2.64. The zero-order valence-corrected chi connectivity index (χ0v) is 24.3. The van der Waals surface area contributed by atoms with Crippen LogP contribution < -0.4 is 15.4 Å². The number of aliphatic carboxylic acids is 1. The lowest BCUT2D eigenvalue weighted by Crippen LogP contribution is -2.49. The summed E-state index contributed by atoms with van der Waals surface area (Å²) >= 11 is 0. The molecular formula is C31H34N4O6S. The maximum absolute atomic E-state index is 13.2. The summed E-state index contributed by atoms with van der Waals surface area (Å²) in [5.74, 6) is -1.13. The summed E-state index contributed by atoms with van der Waals surface area (Å²) < 4.78 is 28.7. The Bertz CT molecular complexity index is 1610. The highest BCUT2D eigenvalue weighted by atomic mass is 32.2. The predicted molar refractivity (Wildman–Crippen MR) is 159 cm³/mol. The molecule has 1 unspecified atom stereocenters. The third kappa shape index (κ3) is 5.93. The topological polar surface area (TPSA) is 155 Å². The quantitative estimate of drug-likeness (QED) is 0.267. The molecule has 2 aliphatic rings. The number of hydrogen-bond donors (Lipinski definition) is 4. The Kier molecular flexibility index (Phi) is 7.91. The first-order chi connectivity index (χ1) is 19.9. The Hall–Kier alpha value is -4.09. The molecule has 4 N–H and O–H groups in total. The van der Waals surface area contributed by atoms with Gasteiger partial charge in [-0.3, -0.25) is 14.9 Å². The molecular weight excluding hydrogens is 556 g/mol. The molecule has 3 aromatic rings. The van der Waals surface area contributed by atoms with E-state index in [0.29, 0.717) is 29.9 Å². The first kappa shape index (κ1) is 29.4. The monoisotopic (exact) mass is 590 g/mol. The first-order valence-electron chi connectivity index (χ1n) is 13.8. The lowest BCUT2D eigenvalue weighted by molar-refractivity contribution is -0.138. The van der Waals surface area contributed by atoms with Crippen molar-refractivity contribution in [3.63, 3.8) is 0 Å². The molecule has 11 heteroatoms. The van der Waals surface area contributed by atoms with Gasteiger partial charge in [0.15, 0.2) is 0 Å². The molecule has 2 aromatic carbocycles. The molecule has 2 aliphatic carbocycles. The van der Waals surface area contributed by atoms with Crippen LogP contribution in [0.1, 0.15) is 38.7 Å². The van der Waals surface area contributed by atoms with Crippen LogP contribution in [0.3, 0.4) is 0 Å². The number of carboxylic acid groups (broad SMARTS) is 1. The van der Waals surface area contributed by atoms with Gasteiger partial charge in [0.25, 0.3) is 0 Å². The van der Waals surface area contributed by atoms with Crippen LogP contribution >= 0.6 is 0 Å². The molecule has 0 radical (unpaired) electrons. The maximum atomic E-state index is 13.2. The fraction of sp³-hybridized carbons (Fsp3) is 0.355. The first-order valence-corrected chi connectivity index (χ1v) is 15.5. The molecule has 2 amide bonds. The van der Waals surface area contributed by atoms with E-state index in [9.17, 15) is 27.9 Å². The van der Waals surface area contributed by atoms with Gasteiger partial charge in [-0.05, 0) is 71.6 Å². The van der Waals surface area contributed by atoms with Crippen molar-refractivity contribution in [3.8, 4) is 11.1 Å². The van der Waals surface area contributed by atoms with Crippen molar-refractivity contribution in [1.29, 1.82) is 0 Å². The second kappa shape index (κ2) is 11.3. The third-order valence-electron chi connectivity index (χ3n) is 8.95. The van der Waals surface area contributed by atoms with Gasteiger partial charge in [0, 0.05) is 23.7 Å². The molecule has 0 saturated heterocycles. The van der Waals surface area contributed by atoms with Crippen LogP contribution in [0.4, 0.5) is 16.3 Å². The Morgan fingerprint density at radius 3 is 2.40 bits per heavy atom. The van der Waals surface area contributed by atoms with Crippen molar-refractivity contribution < 1.29 is 27.9 Å². The number of rotatable bonds is 10. The van der Waals surface area contributed by atoms with Crippen LogP contribution in [-0.4, -0.2) is 48.1 Å². The number of carbonyl (C=O) groups is 3. The molecule has 1 heterocycles. The minimum atomic E-state index is -4.06. The van der Waals surface area contributed by atoms with E-state index in [0.717, 1.165) is 17.5 Å². The molecule has 220 valence electrons. The van der Waals surface area contributed by atoms with Crippen molar-refractivity contribution in [2.75, 3.05) is 16.4 Å². The average Bonchev–Trinajstić information content (AvgIpc) is 3.28. The summed E-state index contributed by atoms with van der Waals surface area (Å²) in [4.78, 5) is 41.3. The number of carboxylic acids is 1. The average molecular weight is 591 g/mol. The summed E-state index contributed by atoms with van der Waals surface area (Å²) in [6.45, 7) is 3.90. The molecule has 0 aliphatic heterocycles. The molecule has 0 spiro atoms. The number of amides is 2. The number of anilines is 2. The Balaban J connectivity index is 1.24. The number of Topliss-reactive ketones (excluding diaryl/α,β-unsaturated/α-hetero) is 1. The fourth-order valence-corrected chi connectivity index (χ4v) is 8.46. The molecule has 2 fully saturated rings. The van der Waals surface area contributed by atoms with Crippen molar-refractivity contribution in [2.24, 2.45) is 16.7 Å². The van der Waals surface area contributed by atoms with Crippen LogP contribution in [0.15, 0.2) is 72.9 Å². The predicted octanol–water partition coefficient (Wildman–Crippen LogP) is 4.70. The van der Waals surface area contributed by atoms with Crippen LogP contribution in [0.2, 0.25) is 0 Å². The number of carbonyl (C=O) groups excluding carboxylic acids is 2. The number of ketones is 1. The summed E-state index contributed by atoms with van der Waals surface area (Å²) in [6.07, 6.45) is 3.22. The molecule has 2 saturated carbocycles. The normalized spacial score (nSPS) is 21.6. The largest absolute Gasteiger partial charge is 0.480 e. The van der Waals surface area contributed by atoms with E-state index in [1.165, 1.54) is 0 Å². The van der Waals surface area contributed by atoms with Crippen molar-refractivity contribution in [1.82, 2.24) is 9.71 Å². The van der Waals surface area contributed by atoms with Gasteiger partial charge < -0.3 is 10.4 Å². The number of pyridine rings is 1. The van der Waals surface area contributed by atoms with E-state index in [2.05, 4.69) is 20.3 Å². The van der Waals surface area contributed by atoms with E-state index in [-0.39, 0.29) is 18.1 Å². The number of fused-ring (bicyclic) bond motifs is 2. The van der Waals surface area contributed by atoms with E-state index in [1.54, 1.807) is 54.7 Å². The van der Waals surface area contributed by atoms with Crippen LogP contribution in [0, 0.1) is 16.7 Å². The van der Waals surface area contributed by atoms with Gasteiger partial charge in [0.05, 0.1) is 5.75 Å². The Morgan fingerprint density at radius 2 is 1.79 bits per heavy atom. The molecule has 3 atom stereocenters. The minimum absolute atomic E-state index is 0.0373. The number of nitrogens with one attached hydrogen (secondary N) is 3. The van der Waals surface area contributed by atoms with Gasteiger partial charge >= 0.3 is 12.0 Å². The van der Waals surface area contributed by atoms with Gasteiger partial charge in [0.1, 0.15) is 17.6 Å². The lowest BCUT2D eigenvalue weighted by Gasteiger charge is -2.36. The highest BCUT2D eigenvalue weighted by Gasteiger charge is 2.65. The van der Waals surface area contributed by atoms with Gasteiger partial charge in [0.2, 0.25) is 10.0 Å². The molecule has 1 aromatic heterocycles. The number of benzene rings is 2. The fourth-order valence-electron chi connectivity index (χ4n) is 6.43. The smallest absolute Gasteiger partial charge is 0.324 e. The van der Waals surface area contributed by atoms with Crippen LogP contribution in [0.25, 0.3) is 11.1 Å². The second-order valence-corrected chi connectivity index (χ2v) is 13.5. The zero-order chi connectivity index (χ0) is 30.1. The number of aromatic nitrogens is 1. The molecule has 5 rings (SSSR count). The van der Waals surface area contributed by atoms with E-state index < -0.39 is 44.6 Å². The molecule has 42 heavy (non-hydrogen) atoms. The molecule has 2 bridgehead atoms. The van der Waals surface area contributed by atoms with E-state index in [1.807, 2.05) is 32.0 Å². The number of urea groups is 1. The standard InChI is InChI=1S/C31H34N4O6S/c1-30(2)23-13-14-31(30,26(36)18-23)19-42(40,41)35-25(28(37)38)16-20-9-11-21(12-10-20)22-6-5-7-24(17-22)33-29(39)34-27-8-3-4-15-32-27/h3-12,15,17,23,25,35H,13-14,16,18-19H2,1-2H3,(H,37,38)(H2,32,33,34,39)/t23-,25?,31-/m1/s1. The van der Waals surface area contributed by atoms with E-state index in [4.69, 9.17) is 0 Å². The van der Waals surface area contributed by atoms with Gasteiger partial charge in [-0.2, -0.15) is 0 Å². The number of nitrogens with zero attached hydrogens (tertiary/aromatic N) is 1. The zero-order valence-electron chi connectivity index (χ0n) is 23.5. The lowest BCUT2D eigenvalue weighted by atomic mass is 9.70. The maximum Gasteiger partial charge on any atom is 0.324 e. The molecule has 10 nitrogen and oxygen atoms in total. The van der Waals surface area contributed by atoms with Crippen molar-refractivity contribution in [2.45, 2.75) is 45.6 Å². The summed E-state index contributed by atoms with van der Waals surface area (Å²) in [7, 11) is -4.06. The number of hydrogen-bond acceptors (Lipinski definition) is 6. The van der Waals surface area contributed by atoms with Crippen molar-refractivity contribution >= 4 is 39.3 Å². The van der Waals surface area contributed by atoms with Gasteiger partial charge in [-0.1, -0.05) is 56.3 Å². The Morgan fingerprint density at radius 1 is 1.02 bits per heavy atom. The van der Waals surface area contributed by atoms with Crippen LogP contribution in [-0.2, 0) is 26.0 Å². The van der Waals surface area contributed by atoms with Crippen LogP contribution in [0.5, 0.6) is 0 Å². The van der Waals surface area contributed by atoms with E-state index >= 15 is 0 Å². The SMILES string of the molecule is CC1(C)[C@@H]2CC[C@@]1(CS(=O)(=O)NC(Cc1ccc(-c3cccc(NC(=O)Nc4ccccn4)c3)cc1)C(=O)O)C(=O)C2. The summed E-state index contributed by atoms with van der Waals surface area (Å²) in [6, 6.07) is 17.7. The third-order valence-corrected chi connectivity index (χ3v) is 10.5. The van der Waals surface area contributed by atoms with Crippen molar-refractivity contribution in [3.05, 3.63) is 78.5 Å². The highest BCUT2D eigenvalue weighted by molar-refractivity contribution is 7.89.